The maximum atomic E-state index is 11.5. The molecule has 2 rings (SSSR count). The van der Waals surface area contributed by atoms with E-state index in [4.69, 9.17) is 5.73 Å². The molecule has 2 heterocycles. The summed E-state index contributed by atoms with van der Waals surface area (Å²) < 4.78 is 24.5. The summed E-state index contributed by atoms with van der Waals surface area (Å²) in [6.45, 7) is 7.19. The molecule has 24 heavy (non-hydrogen) atoms. The van der Waals surface area contributed by atoms with Gasteiger partial charge >= 0.3 is 0 Å². The topological polar surface area (TPSA) is 91.0 Å². The first-order valence-electron chi connectivity index (χ1n) is 8.63. The molecule has 0 aromatic carbocycles. The van der Waals surface area contributed by atoms with Gasteiger partial charge in [0.2, 0.25) is 10.0 Å². The third-order valence-corrected chi connectivity index (χ3v) is 6.29. The fraction of sp³-hybridized carbons (Fsp3) is 0.933. The summed E-state index contributed by atoms with van der Waals surface area (Å²) in [5.74, 6) is 0.936. The molecule has 0 aromatic rings. The molecule has 0 spiro atoms. The number of nitrogens with two attached hydrogens (primary N) is 1. The SMILES string of the molecule is CCN1CCCC1CNC(N)=NCC1CCN(S(C)(=O)=O)CC1.I. The number of halogens is 1. The quantitative estimate of drug-likeness (QED) is 0.336. The predicted octanol–water partition coefficient (Wildman–Crippen LogP) is 0.665. The minimum Gasteiger partial charge on any atom is -0.370 e. The van der Waals surface area contributed by atoms with Gasteiger partial charge in [0.05, 0.1) is 6.26 Å². The van der Waals surface area contributed by atoms with E-state index < -0.39 is 10.0 Å². The van der Waals surface area contributed by atoms with Crippen LogP contribution in [0, 0.1) is 5.92 Å². The van der Waals surface area contributed by atoms with E-state index >= 15 is 0 Å². The van der Waals surface area contributed by atoms with Crippen LogP contribution >= 0.6 is 24.0 Å². The summed E-state index contributed by atoms with van der Waals surface area (Å²) in [5, 5.41) is 3.24. The number of nitrogens with zero attached hydrogens (tertiary/aromatic N) is 3. The number of hydrogen-bond donors (Lipinski definition) is 2. The Labute approximate surface area is 163 Å². The second-order valence-corrected chi connectivity index (χ2v) is 8.62. The van der Waals surface area contributed by atoms with E-state index in [1.54, 1.807) is 4.31 Å². The highest BCUT2D eigenvalue weighted by atomic mass is 127. The Morgan fingerprint density at radius 1 is 1.25 bits per heavy atom. The lowest BCUT2D eigenvalue weighted by molar-refractivity contribution is 0.267. The van der Waals surface area contributed by atoms with Gasteiger partial charge in [0, 0.05) is 32.2 Å². The number of likely N-dealkylation sites (N-methyl/N-ethyl adjacent to an activating group) is 1. The van der Waals surface area contributed by atoms with Crippen LogP contribution in [0.1, 0.15) is 32.6 Å². The fourth-order valence-electron chi connectivity index (χ4n) is 3.47. The van der Waals surface area contributed by atoms with Crippen LogP contribution in [-0.4, -0.2) is 75.1 Å². The van der Waals surface area contributed by atoms with Gasteiger partial charge in [-0.2, -0.15) is 0 Å². The second kappa shape index (κ2) is 10.1. The Hall–Kier alpha value is -0.130. The molecule has 7 nitrogen and oxygen atoms in total. The molecule has 2 saturated heterocycles. The summed E-state index contributed by atoms with van der Waals surface area (Å²) in [5.41, 5.74) is 5.97. The van der Waals surface area contributed by atoms with Crippen LogP contribution in [-0.2, 0) is 10.0 Å². The van der Waals surface area contributed by atoms with Gasteiger partial charge in [0.25, 0.3) is 0 Å². The molecular formula is C15H32IN5O2S. The van der Waals surface area contributed by atoms with Gasteiger partial charge in [-0.15, -0.1) is 24.0 Å². The van der Waals surface area contributed by atoms with Crippen LogP contribution in [0.2, 0.25) is 0 Å². The molecule has 0 bridgehead atoms. The number of guanidine groups is 1. The van der Waals surface area contributed by atoms with E-state index in [-0.39, 0.29) is 24.0 Å². The lowest BCUT2D eigenvalue weighted by Crippen LogP contribution is -2.43. The van der Waals surface area contributed by atoms with Crippen LogP contribution in [0.25, 0.3) is 0 Å². The van der Waals surface area contributed by atoms with Crippen LogP contribution < -0.4 is 11.1 Å². The van der Waals surface area contributed by atoms with E-state index in [0.29, 0.717) is 37.6 Å². The normalized spacial score (nSPS) is 24.8. The molecule has 1 atom stereocenters. The van der Waals surface area contributed by atoms with Gasteiger partial charge < -0.3 is 11.1 Å². The smallest absolute Gasteiger partial charge is 0.211 e. The summed E-state index contributed by atoms with van der Waals surface area (Å²) >= 11 is 0. The van der Waals surface area contributed by atoms with Gasteiger partial charge in [-0.1, -0.05) is 6.92 Å². The van der Waals surface area contributed by atoms with Gasteiger partial charge in [-0.3, -0.25) is 9.89 Å². The Kier molecular flexibility index (Phi) is 9.24. The van der Waals surface area contributed by atoms with Crippen molar-refractivity contribution in [3.05, 3.63) is 0 Å². The minimum absolute atomic E-state index is 0. The Balaban J connectivity index is 0.00000288. The van der Waals surface area contributed by atoms with Gasteiger partial charge in [0.1, 0.15) is 0 Å². The molecule has 9 heteroatoms. The van der Waals surface area contributed by atoms with E-state index in [2.05, 4.69) is 22.1 Å². The Morgan fingerprint density at radius 2 is 1.92 bits per heavy atom. The number of likely N-dealkylation sites (tertiary alicyclic amines) is 1. The molecule has 2 aliphatic rings. The first kappa shape index (κ1) is 21.9. The van der Waals surface area contributed by atoms with E-state index in [1.807, 2.05) is 0 Å². The molecule has 0 saturated carbocycles. The van der Waals surface area contributed by atoms with Crippen molar-refractivity contribution in [2.75, 3.05) is 45.5 Å². The van der Waals surface area contributed by atoms with Crippen LogP contribution in [0.15, 0.2) is 4.99 Å². The van der Waals surface area contributed by atoms with E-state index in [1.165, 1.54) is 25.6 Å². The Bertz CT molecular complexity index is 506. The molecule has 3 N–H and O–H groups in total. The van der Waals surface area contributed by atoms with Crippen molar-refractivity contribution >= 4 is 40.0 Å². The zero-order valence-electron chi connectivity index (χ0n) is 14.8. The third-order valence-electron chi connectivity index (χ3n) is 4.99. The molecule has 1 unspecified atom stereocenters. The van der Waals surface area contributed by atoms with Crippen LogP contribution in [0.3, 0.4) is 0 Å². The number of nitrogens with one attached hydrogen (secondary N) is 1. The Morgan fingerprint density at radius 3 is 2.50 bits per heavy atom. The molecule has 142 valence electrons. The third kappa shape index (κ3) is 6.64. The molecule has 0 aromatic heterocycles. The zero-order valence-corrected chi connectivity index (χ0v) is 17.9. The highest BCUT2D eigenvalue weighted by Gasteiger charge is 2.25. The highest BCUT2D eigenvalue weighted by Crippen LogP contribution is 2.19. The van der Waals surface area contributed by atoms with E-state index in [0.717, 1.165) is 25.9 Å². The molecule has 2 fully saturated rings. The van der Waals surface area contributed by atoms with Gasteiger partial charge in [-0.05, 0) is 44.7 Å². The summed E-state index contributed by atoms with van der Waals surface area (Å²) in [4.78, 5) is 6.92. The average Bonchev–Trinajstić information content (AvgIpc) is 2.98. The van der Waals surface area contributed by atoms with Crippen LogP contribution in [0.5, 0.6) is 0 Å². The minimum atomic E-state index is -3.05. The lowest BCUT2D eigenvalue weighted by Gasteiger charge is -2.29. The van der Waals surface area contributed by atoms with Crippen molar-refractivity contribution in [3.8, 4) is 0 Å². The molecule has 2 aliphatic heterocycles. The largest absolute Gasteiger partial charge is 0.370 e. The van der Waals surface area contributed by atoms with Crippen molar-refractivity contribution in [1.82, 2.24) is 14.5 Å². The number of sulfonamides is 1. The molecule has 0 aliphatic carbocycles. The van der Waals surface area contributed by atoms with Crippen molar-refractivity contribution in [3.63, 3.8) is 0 Å². The van der Waals surface area contributed by atoms with Crippen molar-refractivity contribution in [2.45, 2.75) is 38.6 Å². The first-order valence-corrected chi connectivity index (χ1v) is 10.5. The molecule has 0 amide bonds. The monoisotopic (exact) mass is 473 g/mol. The number of aliphatic imine (C=N–C) groups is 1. The summed E-state index contributed by atoms with van der Waals surface area (Å²) in [7, 11) is -3.05. The first-order chi connectivity index (χ1) is 10.9. The van der Waals surface area contributed by atoms with Gasteiger partial charge in [0.15, 0.2) is 5.96 Å². The summed E-state index contributed by atoms with van der Waals surface area (Å²) in [6.07, 6.45) is 5.47. The van der Waals surface area contributed by atoms with Crippen molar-refractivity contribution in [1.29, 1.82) is 0 Å². The average molecular weight is 473 g/mol. The molecule has 0 radical (unpaired) electrons. The zero-order chi connectivity index (χ0) is 16.9. The summed E-state index contributed by atoms with van der Waals surface area (Å²) in [6, 6.07) is 0.562. The van der Waals surface area contributed by atoms with E-state index in [9.17, 15) is 8.42 Å². The second-order valence-electron chi connectivity index (χ2n) is 6.64. The highest BCUT2D eigenvalue weighted by molar-refractivity contribution is 14.0. The van der Waals surface area contributed by atoms with Gasteiger partial charge in [-0.25, -0.2) is 12.7 Å². The molecular weight excluding hydrogens is 441 g/mol. The van der Waals surface area contributed by atoms with Crippen molar-refractivity contribution in [2.24, 2.45) is 16.6 Å². The standard InChI is InChI=1S/C15H31N5O2S.HI/c1-3-19-8-4-5-14(19)12-18-15(16)17-11-13-6-9-20(10-7-13)23(2,21)22;/h13-14H,3-12H2,1-2H3,(H3,16,17,18);1H. The van der Waals surface area contributed by atoms with Crippen LogP contribution in [0.4, 0.5) is 0 Å². The number of hydrogen-bond acceptors (Lipinski definition) is 4. The fourth-order valence-corrected chi connectivity index (χ4v) is 4.35. The maximum absolute atomic E-state index is 11.5. The number of piperidine rings is 1. The number of rotatable bonds is 6. The predicted molar refractivity (Wildman–Crippen MR) is 109 cm³/mol. The lowest BCUT2D eigenvalue weighted by atomic mass is 9.98. The maximum Gasteiger partial charge on any atom is 0.211 e. The van der Waals surface area contributed by atoms with Crippen molar-refractivity contribution < 1.29 is 8.42 Å².